The molecule has 1 aliphatic heterocycles. The number of H-pyrrole nitrogens is 1. The van der Waals surface area contributed by atoms with E-state index in [-0.39, 0.29) is 35.6 Å². The number of aromatic amines is 1. The largest absolute Gasteiger partial charge is 0.463 e. The van der Waals surface area contributed by atoms with Gasteiger partial charge in [0, 0.05) is 42.6 Å². The van der Waals surface area contributed by atoms with E-state index >= 15 is 0 Å². The molecule has 2 N–H and O–H groups in total. The summed E-state index contributed by atoms with van der Waals surface area (Å²) in [5.74, 6) is 0.770. The van der Waals surface area contributed by atoms with Gasteiger partial charge in [-0.05, 0) is 50.7 Å². The lowest BCUT2D eigenvalue weighted by atomic mass is 9.92. The molecule has 1 unspecified atom stereocenters. The van der Waals surface area contributed by atoms with Gasteiger partial charge in [0.25, 0.3) is 5.91 Å². The predicted molar refractivity (Wildman–Crippen MR) is 126 cm³/mol. The van der Waals surface area contributed by atoms with Crippen molar-refractivity contribution in [1.29, 1.82) is 5.26 Å². The lowest BCUT2D eigenvalue weighted by Gasteiger charge is -2.31. The van der Waals surface area contributed by atoms with Crippen molar-refractivity contribution in [2.75, 3.05) is 24.6 Å². The number of nitrogens with one attached hydrogen (secondary N) is 2. The molecule has 3 aromatic heterocycles. The van der Waals surface area contributed by atoms with E-state index in [1.54, 1.807) is 6.20 Å². The van der Waals surface area contributed by atoms with Crippen LogP contribution in [0.4, 0.5) is 5.95 Å². The molecule has 3 aromatic rings. The third-order valence-corrected chi connectivity index (χ3v) is 7.29. The van der Waals surface area contributed by atoms with Crippen LogP contribution >= 0.6 is 0 Å². The van der Waals surface area contributed by atoms with Gasteiger partial charge in [0.05, 0.1) is 24.3 Å². The van der Waals surface area contributed by atoms with Gasteiger partial charge in [-0.15, -0.1) is 0 Å². The standard InChI is InChI=1S/C24H27N9O2/c25-12-15-11-16(15)13-35-24-29-21(22(34)27-17-3-1-4-17)28-23(30-24)33-9-6-14(7-10-33)19-18-5-2-8-26-20(18)32-31-19/h2,5,8,14-17H,1,3-4,6-7,9-11,13H2,(H,27,34)(H,26,31,32)/t15?,16-/m1/s1. The summed E-state index contributed by atoms with van der Waals surface area (Å²) in [5.41, 5.74) is 1.85. The number of anilines is 1. The van der Waals surface area contributed by atoms with E-state index in [1.165, 1.54) is 0 Å². The van der Waals surface area contributed by atoms with Crippen LogP contribution in [0.3, 0.4) is 0 Å². The summed E-state index contributed by atoms with van der Waals surface area (Å²) in [6.07, 6.45) is 7.44. The summed E-state index contributed by atoms with van der Waals surface area (Å²) in [6, 6.07) is 6.57. The van der Waals surface area contributed by atoms with Crippen LogP contribution in [-0.4, -0.2) is 61.8 Å². The van der Waals surface area contributed by atoms with E-state index in [0.717, 1.165) is 68.3 Å². The highest BCUT2D eigenvalue weighted by Gasteiger charge is 2.38. The van der Waals surface area contributed by atoms with Crippen molar-refractivity contribution in [2.45, 2.75) is 50.5 Å². The molecule has 4 heterocycles. The monoisotopic (exact) mass is 473 g/mol. The Bertz CT molecular complexity index is 1270. The molecule has 0 radical (unpaired) electrons. The zero-order valence-electron chi connectivity index (χ0n) is 19.4. The first kappa shape index (κ1) is 21.7. The van der Waals surface area contributed by atoms with E-state index in [9.17, 15) is 4.79 Å². The minimum Gasteiger partial charge on any atom is -0.463 e. The third kappa shape index (κ3) is 4.48. The smallest absolute Gasteiger partial charge is 0.321 e. The first-order valence-electron chi connectivity index (χ1n) is 12.3. The Morgan fingerprint density at radius 2 is 2.09 bits per heavy atom. The number of carbonyl (C=O) groups is 1. The Hall–Kier alpha value is -3.81. The van der Waals surface area contributed by atoms with Gasteiger partial charge >= 0.3 is 6.01 Å². The second-order valence-electron chi connectivity index (χ2n) is 9.65. The molecule has 180 valence electrons. The van der Waals surface area contributed by atoms with Crippen molar-refractivity contribution in [3.05, 3.63) is 29.8 Å². The molecule has 3 aliphatic rings. The van der Waals surface area contributed by atoms with Crippen molar-refractivity contribution in [1.82, 2.24) is 35.5 Å². The van der Waals surface area contributed by atoms with Crippen molar-refractivity contribution in [3.63, 3.8) is 0 Å². The second kappa shape index (κ2) is 9.09. The number of aromatic nitrogens is 6. The molecular formula is C24H27N9O2. The number of nitriles is 1. The number of rotatable bonds is 7. The highest BCUT2D eigenvalue weighted by atomic mass is 16.5. The number of piperidine rings is 1. The Labute approximate surface area is 202 Å². The van der Waals surface area contributed by atoms with E-state index in [1.807, 2.05) is 12.1 Å². The molecule has 1 saturated heterocycles. The molecule has 11 nitrogen and oxygen atoms in total. The van der Waals surface area contributed by atoms with Crippen LogP contribution in [0, 0.1) is 23.2 Å². The van der Waals surface area contributed by atoms with Crippen LogP contribution in [0.2, 0.25) is 0 Å². The van der Waals surface area contributed by atoms with Gasteiger partial charge in [-0.3, -0.25) is 9.89 Å². The minimum absolute atomic E-state index is 0.0324. The number of carbonyl (C=O) groups excluding carboxylic acids is 1. The number of fused-ring (bicyclic) bond motifs is 1. The Kier molecular flexibility index (Phi) is 5.64. The summed E-state index contributed by atoms with van der Waals surface area (Å²) in [4.78, 5) is 32.6. The Morgan fingerprint density at radius 3 is 2.83 bits per heavy atom. The number of hydrogen-bond acceptors (Lipinski definition) is 9. The molecule has 11 heteroatoms. The molecule has 35 heavy (non-hydrogen) atoms. The van der Waals surface area contributed by atoms with Gasteiger partial charge in [-0.1, -0.05) is 0 Å². The van der Waals surface area contributed by atoms with Crippen LogP contribution in [0.1, 0.15) is 60.8 Å². The van der Waals surface area contributed by atoms with Gasteiger partial charge < -0.3 is 15.0 Å². The number of pyridine rings is 1. The van der Waals surface area contributed by atoms with Crippen molar-refractivity contribution < 1.29 is 9.53 Å². The number of amides is 1. The predicted octanol–water partition coefficient (Wildman–Crippen LogP) is 2.35. The first-order chi connectivity index (χ1) is 17.2. The average molecular weight is 474 g/mol. The number of ether oxygens (including phenoxy) is 1. The molecule has 0 bridgehead atoms. The lowest BCUT2D eigenvalue weighted by Crippen LogP contribution is -2.41. The Morgan fingerprint density at radius 1 is 1.23 bits per heavy atom. The summed E-state index contributed by atoms with van der Waals surface area (Å²) in [5, 5.41) is 20.7. The van der Waals surface area contributed by atoms with E-state index in [4.69, 9.17) is 10.00 Å². The number of hydrogen-bond donors (Lipinski definition) is 2. The summed E-state index contributed by atoms with van der Waals surface area (Å²) in [7, 11) is 0. The first-order valence-corrected chi connectivity index (χ1v) is 12.3. The molecular weight excluding hydrogens is 446 g/mol. The van der Waals surface area contributed by atoms with Gasteiger partial charge in [-0.25, -0.2) is 4.98 Å². The van der Waals surface area contributed by atoms with Crippen LogP contribution < -0.4 is 15.0 Å². The maximum absolute atomic E-state index is 12.8. The highest BCUT2D eigenvalue weighted by Crippen LogP contribution is 2.38. The molecule has 6 rings (SSSR count). The Balaban J connectivity index is 1.18. The van der Waals surface area contributed by atoms with Gasteiger partial charge in [0.1, 0.15) is 0 Å². The van der Waals surface area contributed by atoms with Crippen molar-refractivity contribution >= 4 is 22.9 Å². The third-order valence-electron chi connectivity index (χ3n) is 7.29. The second-order valence-corrected chi connectivity index (χ2v) is 9.65. The molecule has 2 saturated carbocycles. The van der Waals surface area contributed by atoms with Crippen LogP contribution in [0.15, 0.2) is 18.3 Å². The highest BCUT2D eigenvalue weighted by molar-refractivity contribution is 5.91. The van der Waals surface area contributed by atoms with Crippen LogP contribution in [0.5, 0.6) is 6.01 Å². The van der Waals surface area contributed by atoms with Gasteiger partial charge in [0.15, 0.2) is 5.65 Å². The maximum atomic E-state index is 12.8. The van der Waals surface area contributed by atoms with Gasteiger partial charge in [0.2, 0.25) is 11.8 Å². The lowest BCUT2D eigenvalue weighted by molar-refractivity contribution is 0.0904. The summed E-state index contributed by atoms with van der Waals surface area (Å²) >= 11 is 0. The fourth-order valence-electron chi connectivity index (χ4n) is 4.77. The van der Waals surface area contributed by atoms with Crippen LogP contribution in [0.25, 0.3) is 11.0 Å². The topological polar surface area (TPSA) is 146 Å². The fraction of sp³-hybridized carbons (Fsp3) is 0.542. The normalized spacial score (nSPS) is 22.4. The molecule has 3 fully saturated rings. The minimum atomic E-state index is -0.296. The molecule has 2 aliphatic carbocycles. The zero-order chi connectivity index (χ0) is 23.8. The quantitative estimate of drug-likeness (QED) is 0.528. The maximum Gasteiger partial charge on any atom is 0.321 e. The molecule has 2 atom stereocenters. The van der Waals surface area contributed by atoms with Crippen molar-refractivity contribution in [2.24, 2.45) is 11.8 Å². The summed E-state index contributed by atoms with van der Waals surface area (Å²) < 4.78 is 5.82. The average Bonchev–Trinajstić information content (AvgIpc) is 3.51. The molecule has 0 spiro atoms. The fourth-order valence-corrected chi connectivity index (χ4v) is 4.77. The SMILES string of the molecule is N#CC1C[C@@H]1COc1nc(C(=O)NC2CCC2)nc(N2CCC(c3n[nH]c4ncccc34)CC2)n1. The van der Waals surface area contributed by atoms with Crippen molar-refractivity contribution in [3.8, 4) is 12.1 Å². The number of nitrogens with zero attached hydrogens (tertiary/aromatic N) is 7. The molecule has 1 amide bonds. The van der Waals surface area contributed by atoms with E-state index in [2.05, 4.69) is 46.4 Å². The zero-order valence-corrected chi connectivity index (χ0v) is 19.4. The van der Waals surface area contributed by atoms with E-state index in [0.29, 0.717) is 18.5 Å². The van der Waals surface area contributed by atoms with Crippen LogP contribution in [-0.2, 0) is 0 Å². The summed E-state index contributed by atoms with van der Waals surface area (Å²) in [6.45, 7) is 1.82. The van der Waals surface area contributed by atoms with Gasteiger partial charge in [-0.2, -0.15) is 25.3 Å². The molecule has 0 aromatic carbocycles. The van der Waals surface area contributed by atoms with E-state index < -0.39 is 0 Å².